The van der Waals surface area contributed by atoms with Crippen LogP contribution in [0.25, 0.3) is 6.08 Å². The van der Waals surface area contributed by atoms with Crippen LogP contribution in [0, 0.1) is 0 Å². The van der Waals surface area contributed by atoms with E-state index in [1.54, 1.807) is 0 Å². The second kappa shape index (κ2) is 3.83. The fourth-order valence-corrected chi connectivity index (χ4v) is 1.53. The van der Waals surface area contributed by atoms with Crippen molar-refractivity contribution in [3.8, 4) is 0 Å². The maximum Gasteiger partial charge on any atom is 0.425 e. The number of hydrogen-bond donors (Lipinski definition) is 1. The van der Waals surface area contributed by atoms with Crippen LogP contribution in [-0.2, 0) is 11.0 Å². The van der Waals surface area contributed by atoms with Crippen molar-refractivity contribution in [1.82, 2.24) is 0 Å². The van der Waals surface area contributed by atoms with Crippen LogP contribution in [0.2, 0.25) is 0 Å². The van der Waals surface area contributed by atoms with Gasteiger partial charge in [-0.1, -0.05) is 0 Å². The second-order valence-corrected chi connectivity index (χ2v) is 3.49. The molecule has 1 heterocycles. The van der Waals surface area contributed by atoms with Crippen molar-refractivity contribution in [3.63, 3.8) is 0 Å². The SMILES string of the molecule is O=C(O)/C=C/c1ccc(C(F)(F)F)s1. The average molecular weight is 222 g/mol. The molecule has 0 saturated carbocycles. The normalized spacial score (nSPS) is 12.2. The Morgan fingerprint density at radius 3 is 2.50 bits per heavy atom. The van der Waals surface area contributed by atoms with Gasteiger partial charge < -0.3 is 5.11 Å². The van der Waals surface area contributed by atoms with Crippen LogP contribution in [0.1, 0.15) is 9.75 Å². The monoisotopic (exact) mass is 222 g/mol. The predicted octanol–water partition coefficient (Wildman–Crippen LogP) is 2.86. The molecule has 76 valence electrons. The number of carboxylic acid groups (broad SMARTS) is 1. The predicted molar refractivity (Wildman–Crippen MR) is 46.0 cm³/mol. The minimum absolute atomic E-state index is 0.264. The molecule has 2 nitrogen and oxygen atoms in total. The molecule has 0 radical (unpaired) electrons. The fourth-order valence-electron chi connectivity index (χ4n) is 0.748. The van der Waals surface area contributed by atoms with Gasteiger partial charge in [0.25, 0.3) is 0 Å². The Labute approximate surface area is 81.3 Å². The molecular formula is C8H5F3O2S. The summed E-state index contributed by atoms with van der Waals surface area (Å²) >= 11 is 0.507. The van der Waals surface area contributed by atoms with Gasteiger partial charge in [-0.05, 0) is 18.2 Å². The fraction of sp³-hybridized carbons (Fsp3) is 0.125. The highest BCUT2D eigenvalue weighted by Gasteiger charge is 2.32. The molecule has 1 aromatic rings. The van der Waals surface area contributed by atoms with Gasteiger partial charge in [-0.15, -0.1) is 11.3 Å². The Hall–Kier alpha value is -1.30. The van der Waals surface area contributed by atoms with E-state index in [2.05, 4.69) is 0 Å². The minimum atomic E-state index is -4.36. The lowest BCUT2D eigenvalue weighted by molar-refractivity contribution is -0.134. The first kappa shape index (κ1) is 10.8. The molecule has 6 heteroatoms. The molecule has 14 heavy (non-hydrogen) atoms. The summed E-state index contributed by atoms with van der Waals surface area (Å²) in [6.07, 6.45) is -2.44. The zero-order chi connectivity index (χ0) is 10.8. The maximum atomic E-state index is 12.1. The highest BCUT2D eigenvalue weighted by Crippen LogP contribution is 2.34. The molecule has 1 rings (SSSR count). The molecule has 0 unspecified atom stereocenters. The van der Waals surface area contributed by atoms with Gasteiger partial charge in [0.1, 0.15) is 4.88 Å². The summed E-state index contributed by atoms with van der Waals surface area (Å²) in [7, 11) is 0. The summed E-state index contributed by atoms with van der Waals surface area (Å²) in [6, 6.07) is 2.15. The molecule has 0 fully saturated rings. The molecule has 1 aromatic heterocycles. The van der Waals surface area contributed by atoms with Crippen molar-refractivity contribution < 1.29 is 23.1 Å². The van der Waals surface area contributed by atoms with Crippen LogP contribution >= 0.6 is 11.3 Å². The summed E-state index contributed by atoms with van der Waals surface area (Å²) in [5, 5.41) is 8.24. The van der Waals surface area contributed by atoms with Gasteiger partial charge in [0.2, 0.25) is 0 Å². The number of rotatable bonds is 2. The van der Waals surface area contributed by atoms with Crippen LogP contribution in [-0.4, -0.2) is 11.1 Å². The zero-order valence-corrected chi connectivity index (χ0v) is 7.52. The van der Waals surface area contributed by atoms with E-state index in [-0.39, 0.29) is 4.88 Å². The van der Waals surface area contributed by atoms with E-state index in [1.165, 1.54) is 6.07 Å². The van der Waals surface area contributed by atoms with Gasteiger partial charge in [-0.2, -0.15) is 13.2 Å². The van der Waals surface area contributed by atoms with Crippen molar-refractivity contribution in [2.24, 2.45) is 0 Å². The molecule has 0 aromatic carbocycles. The average Bonchev–Trinajstić information content (AvgIpc) is 2.47. The smallest absolute Gasteiger partial charge is 0.425 e. The number of carbonyl (C=O) groups is 1. The first-order valence-corrected chi connectivity index (χ1v) is 4.29. The maximum absolute atomic E-state index is 12.1. The highest BCUT2D eigenvalue weighted by atomic mass is 32.1. The molecule has 0 aliphatic carbocycles. The van der Waals surface area contributed by atoms with Crippen LogP contribution in [0.15, 0.2) is 18.2 Å². The molecular weight excluding hydrogens is 217 g/mol. The van der Waals surface area contributed by atoms with Gasteiger partial charge in [-0.3, -0.25) is 0 Å². The summed E-state index contributed by atoms with van der Waals surface area (Å²) in [6.45, 7) is 0. The van der Waals surface area contributed by atoms with Gasteiger partial charge >= 0.3 is 12.1 Å². The largest absolute Gasteiger partial charge is 0.478 e. The Morgan fingerprint density at radius 2 is 2.07 bits per heavy atom. The van der Waals surface area contributed by atoms with E-state index in [1.807, 2.05) is 0 Å². The van der Waals surface area contributed by atoms with Gasteiger partial charge in [0, 0.05) is 11.0 Å². The lowest BCUT2D eigenvalue weighted by Crippen LogP contribution is -2.00. The van der Waals surface area contributed by atoms with E-state index in [0.29, 0.717) is 11.3 Å². The first-order valence-electron chi connectivity index (χ1n) is 3.47. The first-order chi connectivity index (χ1) is 6.39. The molecule has 1 N–H and O–H groups in total. The van der Waals surface area contributed by atoms with Crippen molar-refractivity contribution in [1.29, 1.82) is 0 Å². The quantitative estimate of drug-likeness (QED) is 0.781. The van der Waals surface area contributed by atoms with Crippen LogP contribution in [0.5, 0.6) is 0 Å². The van der Waals surface area contributed by atoms with Crippen LogP contribution < -0.4 is 0 Å². The third-order valence-corrected chi connectivity index (χ3v) is 2.39. The van der Waals surface area contributed by atoms with E-state index < -0.39 is 17.0 Å². The van der Waals surface area contributed by atoms with Gasteiger partial charge in [-0.25, -0.2) is 4.79 Å². The van der Waals surface area contributed by atoms with Crippen molar-refractivity contribution in [2.75, 3.05) is 0 Å². The second-order valence-electron chi connectivity index (χ2n) is 2.37. The topological polar surface area (TPSA) is 37.3 Å². The van der Waals surface area contributed by atoms with E-state index in [4.69, 9.17) is 5.11 Å². The minimum Gasteiger partial charge on any atom is -0.478 e. The number of aliphatic carboxylic acids is 1. The summed E-state index contributed by atoms with van der Waals surface area (Å²) in [5.41, 5.74) is 0. The van der Waals surface area contributed by atoms with Crippen molar-refractivity contribution in [2.45, 2.75) is 6.18 Å². The van der Waals surface area contributed by atoms with Crippen LogP contribution in [0.4, 0.5) is 13.2 Å². The lowest BCUT2D eigenvalue weighted by Gasteiger charge is -1.99. The summed E-state index contributed by atoms with van der Waals surface area (Å²) in [5.74, 6) is -1.19. The molecule has 0 amide bonds. The summed E-state index contributed by atoms with van der Waals surface area (Å²) in [4.78, 5) is 9.60. The Kier molecular flexibility index (Phi) is 2.95. The van der Waals surface area contributed by atoms with Crippen LogP contribution in [0.3, 0.4) is 0 Å². The number of hydrogen-bond acceptors (Lipinski definition) is 2. The Morgan fingerprint density at radius 1 is 1.43 bits per heavy atom. The number of alkyl halides is 3. The van der Waals surface area contributed by atoms with Gasteiger partial charge in [0.05, 0.1) is 0 Å². The van der Waals surface area contributed by atoms with E-state index in [9.17, 15) is 18.0 Å². The zero-order valence-electron chi connectivity index (χ0n) is 6.71. The lowest BCUT2D eigenvalue weighted by atomic mass is 10.4. The Balaban J connectivity index is 2.84. The number of carboxylic acids is 1. The van der Waals surface area contributed by atoms with E-state index >= 15 is 0 Å². The summed E-state index contributed by atoms with van der Waals surface area (Å²) < 4.78 is 36.2. The Bertz CT molecular complexity index is 365. The standard InChI is InChI=1S/C8H5F3O2S/c9-8(10,11)6-3-1-5(14-6)2-4-7(12)13/h1-4H,(H,12,13)/b4-2+. The van der Waals surface area contributed by atoms with Crippen molar-refractivity contribution in [3.05, 3.63) is 28.0 Å². The molecule has 0 spiro atoms. The van der Waals surface area contributed by atoms with E-state index in [0.717, 1.165) is 18.2 Å². The molecule has 0 aliphatic heterocycles. The number of halogens is 3. The highest BCUT2D eigenvalue weighted by molar-refractivity contribution is 7.13. The molecule has 0 bridgehead atoms. The molecule has 0 aliphatic rings. The third-order valence-electron chi connectivity index (χ3n) is 1.30. The van der Waals surface area contributed by atoms with Gasteiger partial charge in [0.15, 0.2) is 0 Å². The third kappa shape index (κ3) is 2.88. The number of thiophene rings is 1. The molecule has 0 atom stereocenters. The molecule has 0 saturated heterocycles. The van der Waals surface area contributed by atoms with Crippen molar-refractivity contribution >= 4 is 23.4 Å².